The molecule has 26 heavy (non-hydrogen) atoms. The Morgan fingerprint density at radius 3 is 2.85 bits per heavy atom. The third-order valence-corrected chi connectivity index (χ3v) is 5.84. The molecule has 0 radical (unpaired) electrons. The molecule has 2 unspecified atom stereocenters. The number of benzene rings is 2. The van der Waals surface area contributed by atoms with Crippen LogP contribution in [0, 0.1) is 6.92 Å². The highest BCUT2D eigenvalue weighted by molar-refractivity contribution is 8.03. The van der Waals surface area contributed by atoms with Crippen molar-refractivity contribution in [3.63, 3.8) is 0 Å². The van der Waals surface area contributed by atoms with Crippen LogP contribution in [0.4, 0.5) is 0 Å². The van der Waals surface area contributed by atoms with Gasteiger partial charge in [-0.2, -0.15) is 0 Å². The predicted octanol–water partition coefficient (Wildman–Crippen LogP) is 3.33. The van der Waals surface area contributed by atoms with Gasteiger partial charge < -0.3 is 10.5 Å². The number of fused-ring (bicyclic) bond motifs is 1. The molecule has 1 aliphatic rings. The van der Waals surface area contributed by atoms with Gasteiger partial charge in [-0.25, -0.2) is 4.98 Å². The van der Waals surface area contributed by atoms with Crippen molar-refractivity contribution in [2.24, 2.45) is 5.73 Å². The van der Waals surface area contributed by atoms with E-state index < -0.39 is 16.9 Å². The Hall–Kier alpha value is -2.57. The van der Waals surface area contributed by atoms with Crippen LogP contribution in [-0.2, 0) is 21.9 Å². The molecule has 5 nitrogen and oxygen atoms in total. The van der Waals surface area contributed by atoms with E-state index in [-0.39, 0.29) is 0 Å². The Kier molecular flexibility index (Phi) is 4.30. The van der Waals surface area contributed by atoms with Crippen LogP contribution in [0.2, 0.25) is 0 Å². The Balaban J connectivity index is 1.79. The van der Waals surface area contributed by atoms with E-state index >= 15 is 0 Å². The highest BCUT2D eigenvalue weighted by atomic mass is 32.2. The summed E-state index contributed by atoms with van der Waals surface area (Å²) >= 11 is 1.37. The zero-order valence-electron chi connectivity index (χ0n) is 14.3. The molecule has 4 rings (SSSR count). The number of para-hydroxylation sites is 2. The normalized spacial score (nSPS) is 22.1. The fourth-order valence-corrected chi connectivity index (χ4v) is 4.29. The Morgan fingerprint density at radius 1 is 1.27 bits per heavy atom. The SMILES string of the molecule is Cc1ccccc1COC1(n2cnc3ccccc32)C=CSC1C(N)=O. The maximum atomic E-state index is 12.2. The molecule has 6 heteroatoms. The molecule has 132 valence electrons. The number of aryl methyl sites for hydroxylation is 1. The first-order chi connectivity index (χ1) is 12.6. The Bertz CT molecular complexity index is 997. The van der Waals surface area contributed by atoms with E-state index in [9.17, 15) is 4.79 Å². The standard InChI is InChI=1S/C20H19N3O2S/c1-14-6-2-3-7-15(14)12-25-20(10-11-26-18(20)19(21)24)23-13-22-16-8-4-5-9-17(16)23/h2-11,13,18H,12H2,1H3,(H2,21,24). The number of imidazole rings is 1. The van der Waals surface area contributed by atoms with Crippen molar-refractivity contribution < 1.29 is 9.53 Å². The molecule has 0 aliphatic carbocycles. The van der Waals surface area contributed by atoms with Crippen LogP contribution in [0.15, 0.2) is 66.3 Å². The topological polar surface area (TPSA) is 70.1 Å². The van der Waals surface area contributed by atoms with E-state index in [4.69, 9.17) is 10.5 Å². The number of thioether (sulfide) groups is 1. The number of aromatic nitrogens is 2. The van der Waals surface area contributed by atoms with Crippen molar-refractivity contribution in [1.29, 1.82) is 0 Å². The summed E-state index contributed by atoms with van der Waals surface area (Å²) in [5, 5.41) is 1.31. The zero-order chi connectivity index (χ0) is 18.1. The maximum Gasteiger partial charge on any atom is 0.236 e. The number of hydrogen-bond donors (Lipinski definition) is 1. The van der Waals surface area contributed by atoms with Crippen LogP contribution < -0.4 is 5.73 Å². The highest BCUT2D eigenvalue weighted by Gasteiger charge is 2.47. The molecular formula is C20H19N3O2S. The summed E-state index contributed by atoms with van der Waals surface area (Å²) < 4.78 is 8.31. The molecule has 0 saturated carbocycles. The number of carbonyl (C=O) groups is 1. The molecule has 1 aromatic heterocycles. The second-order valence-corrected chi connectivity index (χ2v) is 7.31. The summed E-state index contributed by atoms with van der Waals surface area (Å²) in [6, 6.07) is 15.8. The summed E-state index contributed by atoms with van der Waals surface area (Å²) in [5.74, 6) is -0.414. The van der Waals surface area contributed by atoms with E-state index in [0.29, 0.717) is 6.61 Å². The van der Waals surface area contributed by atoms with Crippen molar-refractivity contribution in [3.05, 3.63) is 77.5 Å². The van der Waals surface area contributed by atoms with Gasteiger partial charge in [0.25, 0.3) is 0 Å². The van der Waals surface area contributed by atoms with Crippen LogP contribution in [-0.4, -0.2) is 20.7 Å². The van der Waals surface area contributed by atoms with Crippen LogP contribution in [0.5, 0.6) is 0 Å². The predicted molar refractivity (Wildman–Crippen MR) is 103 cm³/mol. The number of ether oxygens (including phenoxy) is 1. The van der Waals surface area contributed by atoms with Gasteiger partial charge in [-0.1, -0.05) is 36.4 Å². The third kappa shape index (κ3) is 2.71. The largest absolute Gasteiger partial charge is 0.369 e. The minimum Gasteiger partial charge on any atom is -0.369 e. The monoisotopic (exact) mass is 365 g/mol. The molecule has 2 aromatic carbocycles. The van der Waals surface area contributed by atoms with Crippen molar-refractivity contribution in [2.75, 3.05) is 0 Å². The van der Waals surface area contributed by atoms with E-state index in [0.717, 1.165) is 22.2 Å². The second-order valence-electron chi connectivity index (χ2n) is 6.29. The number of nitrogens with two attached hydrogens (primary N) is 1. The van der Waals surface area contributed by atoms with Crippen LogP contribution in [0.3, 0.4) is 0 Å². The van der Waals surface area contributed by atoms with Gasteiger partial charge in [0, 0.05) is 0 Å². The lowest BCUT2D eigenvalue weighted by Gasteiger charge is -2.34. The summed E-state index contributed by atoms with van der Waals surface area (Å²) in [6.45, 7) is 2.41. The minimum atomic E-state index is -1.01. The Labute approximate surface area is 155 Å². The van der Waals surface area contributed by atoms with Gasteiger partial charge in [0.05, 0.1) is 24.0 Å². The van der Waals surface area contributed by atoms with Gasteiger partial charge in [-0.15, -0.1) is 11.8 Å². The number of carbonyl (C=O) groups excluding carboxylic acids is 1. The molecular weight excluding hydrogens is 346 g/mol. The fourth-order valence-electron chi connectivity index (χ4n) is 3.27. The van der Waals surface area contributed by atoms with Crippen molar-refractivity contribution in [1.82, 2.24) is 9.55 Å². The van der Waals surface area contributed by atoms with Gasteiger partial charge >= 0.3 is 0 Å². The van der Waals surface area contributed by atoms with E-state index in [1.807, 2.05) is 71.5 Å². The van der Waals surface area contributed by atoms with Gasteiger partial charge in [-0.05, 0) is 41.7 Å². The van der Waals surface area contributed by atoms with Gasteiger partial charge in [0.2, 0.25) is 5.91 Å². The van der Waals surface area contributed by atoms with Crippen LogP contribution >= 0.6 is 11.8 Å². The first kappa shape index (κ1) is 16.9. The average Bonchev–Trinajstić information content (AvgIpc) is 3.26. The molecule has 2 heterocycles. The molecule has 2 atom stereocenters. The summed E-state index contributed by atoms with van der Waals surface area (Å²) in [4.78, 5) is 16.6. The summed E-state index contributed by atoms with van der Waals surface area (Å²) in [7, 11) is 0. The number of hydrogen-bond acceptors (Lipinski definition) is 4. The van der Waals surface area contributed by atoms with Crippen LogP contribution in [0.1, 0.15) is 11.1 Å². The summed E-state index contributed by atoms with van der Waals surface area (Å²) in [5.41, 5.74) is 8.67. The molecule has 1 amide bonds. The van der Waals surface area contributed by atoms with Crippen molar-refractivity contribution in [3.8, 4) is 0 Å². The number of rotatable bonds is 5. The summed E-state index contributed by atoms with van der Waals surface area (Å²) in [6.07, 6.45) is 3.62. The minimum absolute atomic E-state index is 0.369. The molecule has 1 aliphatic heterocycles. The van der Waals surface area contributed by atoms with Crippen molar-refractivity contribution in [2.45, 2.75) is 24.5 Å². The zero-order valence-corrected chi connectivity index (χ0v) is 15.1. The highest BCUT2D eigenvalue weighted by Crippen LogP contribution is 2.42. The lowest BCUT2D eigenvalue weighted by molar-refractivity contribution is -0.129. The molecule has 0 saturated heterocycles. The molecule has 0 bridgehead atoms. The second kappa shape index (κ2) is 6.63. The molecule has 0 spiro atoms. The smallest absolute Gasteiger partial charge is 0.236 e. The lowest BCUT2D eigenvalue weighted by Crippen LogP contribution is -2.48. The van der Waals surface area contributed by atoms with Crippen LogP contribution in [0.25, 0.3) is 11.0 Å². The third-order valence-electron chi connectivity index (χ3n) is 4.71. The Morgan fingerprint density at radius 2 is 2.04 bits per heavy atom. The molecule has 3 aromatic rings. The number of nitrogens with zero attached hydrogens (tertiary/aromatic N) is 2. The van der Waals surface area contributed by atoms with Gasteiger partial charge in [0.1, 0.15) is 5.25 Å². The first-order valence-corrected chi connectivity index (χ1v) is 9.29. The number of amides is 1. The maximum absolute atomic E-state index is 12.2. The quantitative estimate of drug-likeness (QED) is 0.753. The van der Waals surface area contributed by atoms with Crippen molar-refractivity contribution >= 4 is 28.7 Å². The van der Waals surface area contributed by atoms with E-state index in [2.05, 4.69) is 4.98 Å². The molecule has 0 fully saturated rings. The lowest BCUT2D eigenvalue weighted by atomic mass is 10.1. The van der Waals surface area contributed by atoms with E-state index in [1.54, 1.807) is 6.33 Å². The molecule has 2 N–H and O–H groups in total. The van der Waals surface area contributed by atoms with Gasteiger partial charge in [0.15, 0.2) is 5.72 Å². The fraction of sp³-hybridized carbons (Fsp3) is 0.200. The number of primary amides is 1. The average molecular weight is 365 g/mol. The van der Waals surface area contributed by atoms with E-state index in [1.165, 1.54) is 11.8 Å². The first-order valence-electron chi connectivity index (χ1n) is 8.35. The van der Waals surface area contributed by atoms with Gasteiger partial charge in [-0.3, -0.25) is 9.36 Å².